The molecule has 16 heavy (non-hydrogen) atoms. The number of rotatable bonds is 3. The summed E-state index contributed by atoms with van der Waals surface area (Å²) in [5, 5.41) is 6.88. The van der Waals surface area contributed by atoms with Gasteiger partial charge in [0, 0.05) is 25.7 Å². The standard InChI is InChI=1S/C13H20N2O/c1-10(2)16-12-5-3-11(4-6-12)13-9-14-7-8-15-13/h3-6,10,13-15H,7-9H2,1-2H3/t13-/m0/s1. The highest BCUT2D eigenvalue weighted by Gasteiger charge is 2.13. The molecule has 2 N–H and O–H groups in total. The Morgan fingerprint density at radius 1 is 1.19 bits per heavy atom. The summed E-state index contributed by atoms with van der Waals surface area (Å²) >= 11 is 0. The molecule has 1 saturated heterocycles. The van der Waals surface area contributed by atoms with Crippen LogP contribution in [0.1, 0.15) is 25.5 Å². The number of benzene rings is 1. The van der Waals surface area contributed by atoms with Crippen LogP contribution in [0.2, 0.25) is 0 Å². The minimum Gasteiger partial charge on any atom is -0.491 e. The molecule has 0 radical (unpaired) electrons. The molecule has 0 aliphatic carbocycles. The normalized spacial score (nSPS) is 21.1. The topological polar surface area (TPSA) is 33.3 Å². The molecule has 2 rings (SSSR count). The molecule has 0 spiro atoms. The molecule has 1 aliphatic heterocycles. The van der Waals surface area contributed by atoms with E-state index < -0.39 is 0 Å². The smallest absolute Gasteiger partial charge is 0.119 e. The average molecular weight is 220 g/mol. The van der Waals surface area contributed by atoms with Gasteiger partial charge in [-0.1, -0.05) is 12.1 Å². The van der Waals surface area contributed by atoms with Crippen LogP contribution in [0.3, 0.4) is 0 Å². The van der Waals surface area contributed by atoms with E-state index in [4.69, 9.17) is 4.74 Å². The first kappa shape index (κ1) is 11.4. The summed E-state index contributed by atoms with van der Waals surface area (Å²) in [6, 6.07) is 8.81. The van der Waals surface area contributed by atoms with E-state index in [1.807, 2.05) is 26.0 Å². The predicted molar refractivity (Wildman–Crippen MR) is 65.8 cm³/mol. The Labute approximate surface area is 97.2 Å². The van der Waals surface area contributed by atoms with Gasteiger partial charge in [0.05, 0.1) is 6.10 Å². The maximum absolute atomic E-state index is 5.62. The third-order valence-electron chi connectivity index (χ3n) is 2.70. The predicted octanol–water partition coefficient (Wildman–Crippen LogP) is 1.71. The van der Waals surface area contributed by atoms with Crippen molar-refractivity contribution in [3.8, 4) is 5.75 Å². The van der Waals surface area contributed by atoms with Crippen LogP contribution in [0.25, 0.3) is 0 Å². The summed E-state index contributed by atoms with van der Waals surface area (Å²) < 4.78 is 5.62. The maximum atomic E-state index is 5.62. The van der Waals surface area contributed by atoms with E-state index in [-0.39, 0.29) is 6.10 Å². The fourth-order valence-corrected chi connectivity index (χ4v) is 1.94. The first-order valence-electron chi connectivity index (χ1n) is 5.96. The molecule has 0 amide bonds. The molecule has 1 aromatic rings. The minimum absolute atomic E-state index is 0.236. The van der Waals surface area contributed by atoms with Crippen molar-refractivity contribution in [3.05, 3.63) is 29.8 Å². The van der Waals surface area contributed by atoms with Gasteiger partial charge in [-0.3, -0.25) is 0 Å². The highest BCUT2D eigenvalue weighted by molar-refractivity contribution is 5.29. The Balaban J connectivity index is 2.00. The van der Waals surface area contributed by atoms with Gasteiger partial charge in [-0.05, 0) is 31.5 Å². The number of nitrogens with one attached hydrogen (secondary N) is 2. The van der Waals surface area contributed by atoms with Gasteiger partial charge in [-0.2, -0.15) is 0 Å². The lowest BCUT2D eigenvalue weighted by Gasteiger charge is -2.25. The van der Waals surface area contributed by atoms with Crippen LogP contribution in [0.15, 0.2) is 24.3 Å². The van der Waals surface area contributed by atoms with E-state index in [9.17, 15) is 0 Å². The van der Waals surface area contributed by atoms with Gasteiger partial charge in [-0.25, -0.2) is 0 Å². The molecule has 1 aromatic carbocycles. The second kappa shape index (κ2) is 5.32. The van der Waals surface area contributed by atoms with Crippen molar-refractivity contribution in [2.24, 2.45) is 0 Å². The van der Waals surface area contributed by atoms with Crippen molar-refractivity contribution in [1.82, 2.24) is 10.6 Å². The molecule has 88 valence electrons. The molecule has 0 aromatic heterocycles. The Kier molecular flexibility index (Phi) is 3.80. The van der Waals surface area contributed by atoms with Crippen LogP contribution >= 0.6 is 0 Å². The summed E-state index contributed by atoms with van der Waals surface area (Å²) in [5.74, 6) is 0.947. The molecule has 1 atom stereocenters. The van der Waals surface area contributed by atoms with Crippen molar-refractivity contribution in [1.29, 1.82) is 0 Å². The first-order valence-corrected chi connectivity index (χ1v) is 5.96. The summed E-state index contributed by atoms with van der Waals surface area (Å²) in [4.78, 5) is 0. The van der Waals surface area contributed by atoms with Crippen LogP contribution in [0.4, 0.5) is 0 Å². The number of hydrogen-bond donors (Lipinski definition) is 2. The van der Waals surface area contributed by atoms with Gasteiger partial charge in [0.2, 0.25) is 0 Å². The van der Waals surface area contributed by atoms with Crippen LogP contribution in [-0.4, -0.2) is 25.7 Å². The fraction of sp³-hybridized carbons (Fsp3) is 0.538. The van der Waals surface area contributed by atoms with Crippen molar-refractivity contribution in [2.75, 3.05) is 19.6 Å². The Hall–Kier alpha value is -1.06. The Morgan fingerprint density at radius 3 is 2.50 bits per heavy atom. The van der Waals surface area contributed by atoms with E-state index in [1.165, 1.54) is 5.56 Å². The Bertz CT molecular complexity index is 315. The highest BCUT2D eigenvalue weighted by Crippen LogP contribution is 2.19. The monoisotopic (exact) mass is 220 g/mol. The molecule has 1 heterocycles. The molecular formula is C13H20N2O. The first-order chi connectivity index (χ1) is 7.75. The van der Waals surface area contributed by atoms with Gasteiger partial charge in [0.15, 0.2) is 0 Å². The lowest BCUT2D eigenvalue weighted by Crippen LogP contribution is -2.42. The van der Waals surface area contributed by atoms with E-state index in [1.54, 1.807) is 0 Å². The molecular weight excluding hydrogens is 200 g/mol. The lowest BCUT2D eigenvalue weighted by molar-refractivity contribution is 0.242. The third-order valence-corrected chi connectivity index (χ3v) is 2.70. The van der Waals surface area contributed by atoms with Crippen molar-refractivity contribution in [3.63, 3.8) is 0 Å². The summed E-state index contributed by atoms with van der Waals surface area (Å²) in [6.45, 7) is 7.19. The minimum atomic E-state index is 0.236. The summed E-state index contributed by atoms with van der Waals surface area (Å²) in [5.41, 5.74) is 1.32. The van der Waals surface area contributed by atoms with E-state index in [0.29, 0.717) is 6.04 Å². The van der Waals surface area contributed by atoms with Crippen LogP contribution < -0.4 is 15.4 Å². The van der Waals surface area contributed by atoms with Crippen LogP contribution in [0, 0.1) is 0 Å². The zero-order valence-corrected chi connectivity index (χ0v) is 9.99. The van der Waals surface area contributed by atoms with Gasteiger partial charge < -0.3 is 15.4 Å². The van der Waals surface area contributed by atoms with E-state index in [2.05, 4.69) is 22.8 Å². The number of hydrogen-bond acceptors (Lipinski definition) is 3. The highest BCUT2D eigenvalue weighted by atomic mass is 16.5. The van der Waals surface area contributed by atoms with Gasteiger partial charge in [-0.15, -0.1) is 0 Å². The van der Waals surface area contributed by atoms with Crippen molar-refractivity contribution in [2.45, 2.75) is 26.0 Å². The second-order valence-corrected chi connectivity index (χ2v) is 4.45. The van der Waals surface area contributed by atoms with Gasteiger partial charge >= 0.3 is 0 Å². The molecule has 0 saturated carbocycles. The largest absolute Gasteiger partial charge is 0.491 e. The molecule has 0 unspecified atom stereocenters. The molecule has 3 heteroatoms. The maximum Gasteiger partial charge on any atom is 0.119 e. The van der Waals surface area contributed by atoms with Crippen molar-refractivity contribution < 1.29 is 4.74 Å². The molecule has 1 fully saturated rings. The zero-order chi connectivity index (χ0) is 11.4. The lowest BCUT2D eigenvalue weighted by atomic mass is 10.1. The number of piperazine rings is 1. The zero-order valence-electron chi connectivity index (χ0n) is 9.99. The number of ether oxygens (including phenoxy) is 1. The van der Waals surface area contributed by atoms with Gasteiger partial charge in [0.25, 0.3) is 0 Å². The molecule has 1 aliphatic rings. The molecule has 0 bridgehead atoms. The third kappa shape index (κ3) is 2.97. The SMILES string of the molecule is CC(C)Oc1ccc([C@@H]2CNCCN2)cc1. The quantitative estimate of drug-likeness (QED) is 0.813. The van der Waals surface area contributed by atoms with E-state index in [0.717, 1.165) is 25.4 Å². The van der Waals surface area contributed by atoms with E-state index >= 15 is 0 Å². The summed E-state index contributed by atoms with van der Waals surface area (Å²) in [7, 11) is 0. The van der Waals surface area contributed by atoms with Crippen LogP contribution in [0.5, 0.6) is 5.75 Å². The fourth-order valence-electron chi connectivity index (χ4n) is 1.94. The Morgan fingerprint density at radius 2 is 1.94 bits per heavy atom. The van der Waals surface area contributed by atoms with Gasteiger partial charge in [0.1, 0.15) is 5.75 Å². The molecule has 3 nitrogen and oxygen atoms in total. The average Bonchev–Trinajstić information content (AvgIpc) is 2.30. The van der Waals surface area contributed by atoms with Crippen molar-refractivity contribution >= 4 is 0 Å². The van der Waals surface area contributed by atoms with Crippen LogP contribution in [-0.2, 0) is 0 Å². The second-order valence-electron chi connectivity index (χ2n) is 4.45. The summed E-state index contributed by atoms with van der Waals surface area (Å²) in [6.07, 6.45) is 0.236.